The summed E-state index contributed by atoms with van der Waals surface area (Å²) in [7, 11) is 0. The quantitative estimate of drug-likeness (QED) is 0.897. The summed E-state index contributed by atoms with van der Waals surface area (Å²) in [6.45, 7) is 9.06. The number of carbonyl (C=O) groups excluding carboxylic acids is 1. The molecule has 0 aliphatic carbocycles. The van der Waals surface area contributed by atoms with Gasteiger partial charge in [-0.15, -0.1) is 0 Å². The summed E-state index contributed by atoms with van der Waals surface area (Å²) in [6, 6.07) is 7.91. The molecular weight excluding hydrogens is 252 g/mol. The van der Waals surface area contributed by atoms with Crippen LogP contribution in [0.15, 0.2) is 24.3 Å². The second kappa shape index (κ2) is 5.83. The van der Waals surface area contributed by atoms with Gasteiger partial charge in [0.05, 0.1) is 6.61 Å². The van der Waals surface area contributed by atoms with E-state index in [1.807, 2.05) is 49.9 Å². The minimum Gasteiger partial charge on any atom is -0.392 e. The van der Waals surface area contributed by atoms with Crippen molar-refractivity contribution in [2.75, 3.05) is 31.1 Å². The first kappa shape index (κ1) is 14.9. The number of aliphatic hydroxyl groups excluding tert-OH is 1. The van der Waals surface area contributed by atoms with Crippen LogP contribution in [0.3, 0.4) is 0 Å². The molecule has 0 unspecified atom stereocenters. The fourth-order valence-corrected chi connectivity index (χ4v) is 2.58. The van der Waals surface area contributed by atoms with E-state index in [0.29, 0.717) is 0 Å². The highest BCUT2D eigenvalue weighted by atomic mass is 16.3. The van der Waals surface area contributed by atoms with E-state index in [1.165, 1.54) is 0 Å². The van der Waals surface area contributed by atoms with Gasteiger partial charge in [0, 0.05) is 42.8 Å². The van der Waals surface area contributed by atoms with Crippen molar-refractivity contribution in [3.05, 3.63) is 29.8 Å². The van der Waals surface area contributed by atoms with E-state index in [0.717, 1.165) is 37.4 Å². The topological polar surface area (TPSA) is 43.8 Å². The molecule has 2 rings (SSSR count). The van der Waals surface area contributed by atoms with E-state index in [2.05, 4.69) is 4.90 Å². The van der Waals surface area contributed by atoms with Crippen molar-refractivity contribution < 1.29 is 9.90 Å². The van der Waals surface area contributed by atoms with Crippen molar-refractivity contribution in [3.63, 3.8) is 0 Å². The average molecular weight is 276 g/mol. The Hall–Kier alpha value is -1.55. The predicted molar refractivity (Wildman–Crippen MR) is 80.6 cm³/mol. The molecule has 1 aliphatic heterocycles. The van der Waals surface area contributed by atoms with Gasteiger partial charge < -0.3 is 14.9 Å². The molecule has 4 heteroatoms. The van der Waals surface area contributed by atoms with Gasteiger partial charge in [-0.05, 0) is 6.07 Å². The maximum absolute atomic E-state index is 12.3. The standard InChI is InChI=1S/C16H24N2O2/c1-16(2,3)15(20)18-10-8-17(9-11-18)14-7-5-4-6-13(14)12-19/h4-7,19H,8-12H2,1-3H3. The Morgan fingerprint density at radius 2 is 1.75 bits per heavy atom. The molecule has 0 saturated carbocycles. The summed E-state index contributed by atoms with van der Waals surface area (Å²) >= 11 is 0. The third-order valence-electron chi connectivity index (χ3n) is 3.71. The Morgan fingerprint density at radius 3 is 2.30 bits per heavy atom. The number of para-hydroxylation sites is 1. The summed E-state index contributed by atoms with van der Waals surface area (Å²) in [4.78, 5) is 16.4. The normalized spacial score (nSPS) is 16.4. The third kappa shape index (κ3) is 3.12. The summed E-state index contributed by atoms with van der Waals surface area (Å²) in [5.74, 6) is 0.215. The highest BCUT2D eigenvalue weighted by molar-refractivity contribution is 5.81. The summed E-state index contributed by atoms with van der Waals surface area (Å²) in [5, 5.41) is 9.40. The molecular formula is C16H24N2O2. The highest BCUT2D eigenvalue weighted by Gasteiger charge is 2.29. The van der Waals surface area contributed by atoms with E-state index in [4.69, 9.17) is 0 Å². The number of carbonyl (C=O) groups is 1. The Labute approximate surface area is 121 Å². The van der Waals surface area contributed by atoms with Gasteiger partial charge in [-0.1, -0.05) is 39.0 Å². The monoisotopic (exact) mass is 276 g/mol. The highest BCUT2D eigenvalue weighted by Crippen LogP contribution is 2.24. The number of piperazine rings is 1. The molecule has 1 aromatic carbocycles. The second-order valence-corrected chi connectivity index (χ2v) is 6.32. The largest absolute Gasteiger partial charge is 0.392 e. The number of hydrogen-bond donors (Lipinski definition) is 1. The van der Waals surface area contributed by atoms with Crippen LogP contribution in [0, 0.1) is 5.41 Å². The number of aliphatic hydroxyl groups is 1. The van der Waals surface area contributed by atoms with Crippen LogP contribution in [0.25, 0.3) is 0 Å². The number of anilines is 1. The van der Waals surface area contributed by atoms with E-state index >= 15 is 0 Å². The lowest BCUT2D eigenvalue weighted by molar-refractivity contribution is -0.139. The minimum atomic E-state index is -0.314. The molecule has 110 valence electrons. The van der Waals surface area contributed by atoms with Crippen LogP contribution in [0.2, 0.25) is 0 Å². The van der Waals surface area contributed by atoms with Gasteiger partial charge in [-0.25, -0.2) is 0 Å². The first-order valence-corrected chi connectivity index (χ1v) is 7.16. The summed E-state index contributed by atoms with van der Waals surface area (Å²) in [6.07, 6.45) is 0. The zero-order chi connectivity index (χ0) is 14.8. The van der Waals surface area contributed by atoms with Gasteiger partial charge in [-0.2, -0.15) is 0 Å². The molecule has 1 heterocycles. The summed E-state index contributed by atoms with van der Waals surface area (Å²) in [5.41, 5.74) is 1.71. The Balaban J connectivity index is 2.03. The first-order chi connectivity index (χ1) is 9.43. The number of amides is 1. The van der Waals surface area contributed by atoms with Gasteiger partial charge in [0.2, 0.25) is 5.91 Å². The van der Waals surface area contributed by atoms with Crippen LogP contribution in [-0.2, 0) is 11.4 Å². The second-order valence-electron chi connectivity index (χ2n) is 6.32. The van der Waals surface area contributed by atoms with E-state index in [-0.39, 0.29) is 17.9 Å². The van der Waals surface area contributed by atoms with E-state index in [9.17, 15) is 9.90 Å². The molecule has 1 fully saturated rings. The smallest absolute Gasteiger partial charge is 0.228 e. The SMILES string of the molecule is CC(C)(C)C(=O)N1CCN(c2ccccc2CO)CC1. The van der Waals surface area contributed by atoms with Crippen molar-refractivity contribution in [1.29, 1.82) is 0 Å². The van der Waals surface area contributed by atoms with Crippen LogP contribution in [0.5, 0.6) is 0 Å². The third-order valence-corrected chi connectivity index (χ3v) is 3.71. The molecule has 1 N–H and O–H groups in total. The van der Waals surface area contributed by atoms with Gasteiger partial charge in [0.25, 0.3) is 0 Å². The lowest BCUT2D eigenvalue weighted by Crippen LogP contribution is -2.51. The molecule has 0 radical (unpaired) electrons. The molecule has 0 bridgehead atoms. The van der Waals surface area contributed by atoms with Crippen LogP contribution < -0.4 is 4.90 Å². The van der Waals surface area contributed by atoms with Crippen LogP contribution in [0.1, 0.15) is 26.3 Å². The number of nitrogens with zero attached hydrogens (tertiary/aromatic N) is 2. The lowest BCUT2D eigenvalue weighted by Gasteiger charge is -2.39. The molecule has 20 heavy (non-hydrogen) atoms. The summed E-state index contributed by atoms with van der Waals surface area (Å²) < 4.78 is 0. The zero-order valence-electron chi connectivity index (χ0n) is 12.6. The maximum atomic E-state index is 12.3. The van der Waals surface area contributed by atoms with Crippen LogP contribution in [-0.4, -0.2) is 42.1 Å². The fourth-order valence-electron chi connectivity index (χ4n) is 2.58. The minimum absolute atomic E-state index is 0.0529. The van der Waals surface area contributed by atoms with Crippen LogP contribution >= 0.6 is 0 Å². The van der Waals surface area contributed by atoms with Crippen molar-refractivity contribution >= 4 is 11.6 Å². The van der Waals surface area contributed by atoms with Gasteiger partial charge in [0.15, 0.2) is 0 Å². The van der Waals surface area contributed by atoms with Crippen molar-refractivity contribution in [2.45, 2.75) is 27.4 Å². The lowest BCUT2D eigenvalue weighted by atomic mass is 9.94. The Bertz CT molecular complexity index is 472. The molecule has 1 aromatic rings. The molecule has 1 aliphatic rings. The van der Waals surface area contributed by atoms with Crippen molar-refractivity contribution in [1.82, 2.24) is 4.90 Å². The van der Waals surface area contributed by atoms with Gasteiger partial charge in [0.1, 0.15) is 0 Å². The number of hydrogen-bond acceptors (Lipinski definition) is 3. The Morgan fingerprint density at radius 1 is 1.15 bits per heavy atom. The number of rotatable bonds is 2. The zero-order valence-corrected chi connectivity index (χ0v) is 12.6. The van der Waals surface area contributed by atoms with Crippen LogP contribution in [0.4, 0.5) is 5.69 Å². The maximum Gasteiger partial charge on any atom is 0.228 e. The molecule has 0 aromatic heterocycles. The fraction of sp³-hybridized carbons (Fsp3) is 0.562. The molecule has 4 nitrogen and oxygen atoms in total. The van der Waals surface area contributed by atoms with Gasteiger partial charge >= 0.3 is 0 Å². The molecule has 1 saturated heterocycles. The van der Waals surface area contributed by atoms with Gasteiger partial charge in [-0.3, -0.25) is 4.79 Å². The van der Waals surface area contributed by atoms with Crippen molar-refractivity contribution in [3.8, 4) is 0 Å². The Kier molecular flexibility index (Phi) is 4.33. The van der Waals surface area contributed by atoms with E-state index < -0.39 is 0 Å². The predicted octanol–water partition coefficient (Wildman–Crippen LogP) is 1.87. The molecule has 0 spiro atoms. The van der Waals surface area contributed by atoms with Crippen molar-refractivity contribution in [2.24, 2.45) is 5.41 Å². The average Bonchev–Trinajstić information content (AvgIpc) is 2.45. The number of benzene rings is 1. The van der Waals surface area contributed by atoms with E-state index in [1.54, 1.807) is 0 Å². The first-order valence-electron chi connectivity index (χ1n) is 7.16. The molecule has 0 atom stereocenters. The molecule has 1 amide bonds.